The highest BCUT2D eigenvalue weighted by Gasteiger charge is 2.23. The van der Waals surface area contributed by atoms with Gasteiger partial charge in [-0.25, -0.2) is 0 Å². The molecular formula is C9H15NOSi. The summed E-state index contributed by atoms with van der Waals surface area (Å²) in [7, 11) is 0.0946. The Hall–Kier alpha value is -0.803. The highest BCUT2D eigenvalue weighted by molar-refractivity contribution is 6.84. The van der Waals surface area contributed by atoms with Crippen molar-refractivity contribution in [1.82, 2.24) is 0 Å². The molecule has 0 aromatic heterocycles. The largest absolute Gasteiger partial charge is 0.416 e. The van der Waals surface area contributed by atoms with Gasteiger partial charge in [0.2, 0.25) is 8.32 Å². The Balaban J connectivity index is 3.03. The first-order valence-corrected chi connectivity index (χ1v) is 6.88. The van der Waals surface area contributed by atoms with Crippen molar-refractivity contribution in [2.24, 2.45) is 0 Å². The molecule has 2 nitrogen and oxygen atoms in total. The van der Waals surface area contributed by atoms with Gasteiger partial charge in [-0.1, -0.05) is 12.1 Å². The summed E-state index contributed by atoms with van der Waals surface area (Å²) >= 11 is 0. The fraction of sp³-hybridized carbons (Fsp3) is 0.333. The number of hydrogen-bond donors (Lipinski definition) is 1. The van der Waals surface area contributed by atoms with Crippen LogP contribution in [0.15, 0.2) is 24.3 Å². The highest BCUT2D eigenvalue weighted by Crippen LogP contribution is 2.06. The third-order valence-electron chi connectivity index (χ3n) is 2.09. The first kappa shape index (κ1) is 9.29. The molecule has 0 atom stereocenters. The van der Waals surface area contributed by atoms with Gasteiger partial charge in [0.05, 0.1) is 0 Å². The van der Waals surface area contributed by atoms with Crippen LogP contribution < -0.4 is 10.9 Å². The van der Waals surface area contributed by atoms with Crippen LogP contribution >= 0.6 is 0 Å². The Morgan fingerprint density at radius 3 is 2.50 bits per heavy atom. The van der Waals surface area contributed by atoms with Crippen molar-refractivity contribution in [2.75, 3.05) is 12.8 Å². The van der Waals surface area contributed by atoms with Crippen molar-refractivity contribution >= 4 is 19.2 Å². The lowest BCUT2D eigenvalue weighted by Crippen LogP contribution is -2.43. The zero-order valence-corrected chi connectivity index (χ0v) is 8.79. The average Bonchev–Trinajstić information content (AvgIpc) is 2.05. The predicted molar refractivity (Wildman–Crippen MR) is 55.0 cm³/mol. The van der Waals surface area contributed by atoms with Crippen molar-refractivity contribution in [2.45, 2.75) is 13.1 Å². The highest BCUT2D eigenvalue weighted by atomic mass is 28.4. The van der Waals surface area contributed by atoms with Crippen LogP contribution in [-0.2, 0) is 4.43 Å². The molecule has 1 aromatic carbocycles. The van der Waals surface area contributed by atoms with Crippen LogP contribution in [0.1, 0.15) is 0 Å². The zero-order valence-electron chi connectivity index (χ0n) is 7.79. The second-order valence-corrected chi connectivity index (χ2v) is 7.35. The lowest BCUT2D eigenvalue weighted by atomic mass is 10.3. The molecule has 0 saturated heterocycles. The molecule has 0 fully saturated rings. The Kier molecular flexibility index (Phi) is 2.54. The van der Waals surface area contributed by atoms with E-state index in [0.29, 0.717) is 0 Å². The first-order chi connectivity index (χ1) is 5.56. The molecule has 0 heterocycles. The molecule has 0 amide bonds. The minimum Gasteiger partial charge on any atom is -0.416 e. The zero-order chi connectivity index (χ0) is 9.19. The summed E-state index contributed by atoms with van der Waals surface area (Å²) in [6.07, 6.45) is 0. The van der Waals surface area contributed by atoms with Gasteiger partial charge in [-0.3, -0.25) is 0 Å². The van der Waals surface area contributed by atoms with Gasteiger partial charge in [-0.2, -0.15) is 0 Å². The minimum atomic E-state index is -1.66. The van der Waals surface area contributed by atoms with Crippen LogP contribution in [0.5, 0.6) is 0 Å². The van der Waals surface area contributed by atoms with Crippen LogP contribution in [0.2, 0.25) is 13.1 Å². The van der Waals surface area contributed by atoms with E-state index in [1.807, 2.05) is 18.2 Å². The number of nitrogen functional groups attached to an aromatic ring is 1. The third kappa shape index (κ3) is 1.87. The van der Waals surface area contributed by atoms with Crippen LogP contribution in [0.25, 0.3) is 0 Å². The molecule has 0 radical (unpaired) electrons. The molecule has 1 rings (SSSR count). The Morgan fingerprint density at radius 2 is 2.00 bits per heavy atom. The molecule has 0 aliphatic rings. The molecule has 2 N–H and O–H groups in total. The van der Waals surface area contributed by atoms with Gasteiger partial charge in [0.1, 0.15) is 0 Å². The quantitative estimate of drug-likeness (QED) is 0.552. The second-order valence-electron chi connectivity index (χ2n) is 3.34. The van der Waals surface area contributed by atoms with E-state index in [9.17, 15) is 0 Å². The van der Waals surface area contributed by atoms with E-state index < -0.39 is 8.32 Å². The summed E-state index contributed by atoms with van der Waals surface area (Å²) in [5, 5.41) is 1.24. The van der Waals surface area contributed by atoms with Gasteiger partial charge < -0.3 is 10.2 Å². The second kappa shape index (κ2) is 3.29. The SMILES string of the molecule is CO[Si](C)(C)c1cccc(N)c1. The van der Waals surface area contributed by atoms with Gasteiger partial charge >= 0.3 is 0 Å². The fourth-order valence-electron chi connectivity index (χ4n) is 1.03. The first-order valence-electron chi connectivity index (χ1n) is 3.97. The van der Waals surface area contributed by atoms with E-state index in [4.69, 9.17) is 10.2 Å². The predicted octanol–water partition coefficient (Wildman–Crippen LogP) is 1.33. The topological polar surface area (TPSA) is 35.2 Å². The molecule has 3 heteroatoms. The Morgan fingerprint density at radius 1 is 1.33 bits per heavy atom. The Bertz CT molecular complexity index is 273. The number of hydrogen-bond acceptors (Lipinski definition) is 2. The van der Waals surface area contributed by atoms with Gasteiger partial charge in [-0.05, 0) is 30.4 Å². The maximum absolute atomic E-state index is 5.68. The van der Waals surface area contributed by atoms with E-state index in [-0.39, 0.29) is 0 Å². The van der Waals surface area contributed by atoms with Crippen molar-refractivity contribution < 1.29 is 4.43 Å². The summed E-state index contributed by atoms with van der Waals surface area (Å²) in [5.74, 6) is 0. The van der Waals surface area contributed by atoms with Crippen molar-refractivity contribution in [1.29, 1.82) is 0 Å². The Labute approximate surface area is 74.5 Å². The molecular weight excluding hydrogens is 166 g/mol. The fourth-order valence-corrected chi connectivity index (χ4v) is 2.28. The maximum Gasteiger partial charge on any atom is 0.217 e. The van der Waals surface area contributed by atoms with Crippen LogP contribution in [0.3, 0.4) is 0 Å². The van der Waals surface area contributed by atoms with Gasteiger partial charge in [0.25, 0.3) is 0 Å². The molecule has 0 aliphatic heterocycles. The van der Waals surface area contributed by atoms with E-state index >= 15 is 0 Å². The van der Waals surface area contributed by atoms with E-state index in [1.165, 1.54) is 5.19 Å². The standard InChI is InChI=1S/C9H15NOSi/c1-11-12(2,3)9-6-4-5-8(10)7-9/h4-7H,10H2,1-3H3. The van der Waals surface area contributed by atoms with E-state index in [0.717, 1.165) is 5.69 Å². The van der Waals surface area contributed by atoms with Crippen molar-refractivity contribution in [3.05, 3.63) is 24.3 Å². The number of anilines is 1. The lowest BCUT2D eigenvalue weighted by molar-refractivity contribution is 0.416. The molecule has 66 valence electrons. The minimum absolute atomic E-state index is 0.810. The van der Waals surface area contributed by atoms with Gasteiger partial charge in [-0.15, -0.1) is 0 Å². The van der Waals surface area contributed by atoms with Crippen LogP contribution in [0.4, 0.5) is 5.69 Å². The van der Waals surface area contributed by atoms with E-state index in [2.05, 4.69) is 19.2 Å². The number of benzene rings is 1. The molecule has 12 heavy (non-hydrogen) atoms. The molecule has 0 bridgehead atoms. The lowest BCUT2D eigenvalue weighted by Gasteiger charge is -2.20. The van der Waals surface area contributed by atoms with Gasteiger partial charge in [0.15, 0.2) is 0 Å². The molecule has 0 spiro atoms. The molecule has 1 aromatic rings. The normalized spacial score (nSPS) is 11.6. The third-order valence-corrected chi connectivity index (χ3v) is 4.81. The van der Waals surface area contributed by atoms with Crippen molar-refractivity contribution in [3.63, 3.8) is 0 Å². The monoisotopic (exact) mass is 181 g/mol. The molecule has 0 saturated carbocycles. The summed E-state index contributed by atoms with van der Waals surface area (Å²) in [4.78, 5) is 0. The number of rotatable bonds is 2. The molecule has 0 unspecified atom stereocenters. The summed E-state index contributed by atoms with van der Waals surface area (Å²) < 4.78 is 5.46. The van der Waals surface area contributed by atoms with Crippen LogP contribution in [-0.4, -0.2) is 15.4 Å². The summed E-state index contributed by atoms with van der Waals surface area (Å²) in [6, 6.07) is 7.93. The maximum atomic E-state index is 5.68. The van der Waals surface area contributed by atoms with Crippen molar-refractivity contribution in [3.8, 4) is 0 Å². The average molecular weight is 181 g/mol. The smallest absolute Gasteiger partial charge is 0.217 e. The number of nitrogens with two attached hydrogens (primary N) is 1. The van der Waals surface area contributed by atoms with Crippen LogP contribution in [0, 0.1) is 0 Å². The van der Waals surface area contributed by atoms with E-state index in [1.54, 1.807) is 7.11 Å². The molecule has 0 aliphatic carbocycles. The summed E-state index contributed by atoms with van der Waals surface area (Å²) in [5.41, 5.74) is 6.49. The van der Waals surface area contributed by atoms with Gasteiger partial charge in [0, 0.05) is 12.8 Å². The summed E-state index contributed by atoms with van der Waals surface area (Å²) in [6.45, 7) is 4.31.